The third-order valence-corrected chi connectivity index (χ3v) is 1.17. The maximum atomic E-state index is 8.81. The van der Waals surface area contributed by atoms with Gasteiger partial charge in [-0.15, -0.1) is 0 Å². The first-order chi connectivity index (χ1) is 4.31. The van der Waals surface area contributed by atoms with Crippen molar-refractivity contribution in [3.8, 4) is 0 Å². The van der Waals surface area contributed by atoms with Crippen molar-refractivity contribution in [1.82, 2.24) is 5.32 Å². The van der Waals surface area contributed by atoms with E-state index in [1.807, 2.05) is 7.05 Å². The van der Waals surface area contributed by atoms with E-state index in [1.165, 1.54) is 0 Å². The molecule has 0 rings (SSSR count). The minimum atomic E-state index is -0.529. The van der Waals surface area contributed by atoms with Crippen molar-refractivity contribution in [2.45, 2.75) is 18.9 Å². The highest BCUT2D eigenvalue weighted by molar-refractivity contribution is 4.52. The van der Waals surface area contributed by atoms with E-state index in [9.17, 15) is 0 Å². The Morgan fingerprint density at radius 3 is 2.67 bits per heavy atom. The monoisotopic (exact) mass is 133 g/mol. The first-order valence-corrected chi connectivity index (χ1v) is 3.24. The van der Waals surface area contributed by atoms with Gasteiger partial charge >= 0.3 is 0 Å². The summed E-state index contributed by atoms with van der Waals surface area (Å²) in [7, 11) is 1.87. The van der Waals surface area contributed by atoms with Gasteiger partial charge < -0.3 is 15.5 Å². The Morgan fingerprint density at radius 2 is 2.22 bits per heavy atom. The zero-order valence-corrected chi connectivity index (χ0v) is 5.80. The summed E-state index contributed by atoms with van der Waals surface area (Å²) in [6.45, 7) is 0.779. The zero-order chi connectivity index (χ0) is 7.11. The molecule has 0 radical (unpaired) electrons. The molecule has 0 bridgehead atoms. The second-order valence-corrected chi connectivity index (χ2v) is 2.08. The fourth-order valence-corrected chi connectivity index (χ4v) is 0.606. The molecule has 0 aliphatic rings. The van der Waals surface area contributed by atoms with E-state index in [-0.39, 0.29) is 6.61 Å². The van der Waals surface area contributed by atoms with E-state index < -0.39 is 6.10 Å². The molecule has 0 aromatic heterocycles. The molecule has 0 aliphatic carbocycles. The number of hydrogen-bond acceptors (Lipinski definition) is 3. The summed E-state index contributed by atoms with van der Waals surface area (Å²) >= 11 is 0. The molecule has 0 aliphatic heterocycles. The van der Waals surface area contributed by atoms with Crippen molar-refractivity contribution in [3.63, 3.8) is 0 Å². The van der Waals surface area contributed by atoms with Crippen LogP contribution in [0.25, 0.3) is 0 Å². The fraction of sp³-hybridized carbons (Fsp3) is 1.00. The van der Waals surface area contributed by atoms with Gasteiger partial charge in [0.25, 0.3) is 0 Å². The van der Waals surface area contributed by atoms with Crippen molar-refractivity contribution in [1.29, 1.82) is 0 Å². The van der Waals surface area contributed by atoms with Gasteiger partial charge in [-0.1, -0.05) is 0 Å². The van der Waals surface area contributed by atoms with Gasteiger partial charge in [0.1, 0.15) is 0 Å². The normalized spacial score (nSPS) is 13.7. The maximum Gasteiger partial charge on any atom is 0.0771 e. The molecule has 0 saturated heterocycles. The highest BCUT2D eigenvalue weighted by atomic mass is 16.3. The highest BCUT2D eigenvalue weighted by Gasteiger charge is 1.98. The molecule has 0 aromatic rings. The topological polar surface area (TPSA) is 52.5 Å². The number of hydrogen-bond donors (Lipinski definition) is 3. The Balaban J connectivity index is 2.88. The predicted octanol–water partition coefficient (Wildman–Crippen LogP) is -0.661. The van der Waals surface area contributed by atoms with Gasteiger partial charge in [-0.25, -0.2) is 0 Å². The lowest BCUT2D eigenvalue weighted by molar-refractivity contribution is 0.0867. The molecule has 1 atom stereocenters. The smallest absolute Gasteiger partial charge is 0.0771 e. The van der Waals surface area contributed by atoms with Crippen LogP contribution in [0.2, 0.25) is 0 Å². The molecule has 0 amide bonds. The summed E-state index contributed by atoms with van der Waals surface area (Å²) < 4.78 is 0. The van der Waals surface area contributed by atoms with Crippen molar-refractivity contribution >= 4 is 0 Å². The molecule has 0 spiro atoms. The fourth-order valence-electron chi connectivity index (χ4n) is 0.606. The van der Waals surface area contributed by atoms with Gasteiger partial charge in [0.15, 0.2) is 0 Å². The molecule has 0 fully saturated rings. The minimum absolute atomic E-state index is 0.121. The standard InChI is InChI=1S/C6H15NO2/c1-7-4-2-3-6(9)5-8/h6-9H,2-5H2,1H3/t6-/m1/s1. The molecule has 9 heavy (non-hydrogen) atoms. The second kappa shape index (κ2) is 6.01. The number of nitrogens with one attached hydrogen (secondary N) is 1. The van der Waals surface area contributed by atoms with Gasteiger partial charge in [0.2, 0.25) is 0 Å². The second-order valence-electron chi connectivity index (χ2n) is 2.08. The van der Waals surface area contributed by atoms with Crippen LogP contribution in [0.4, 0.5) is 0 Å². The Hall–Kier alpha value is -0.120. The van der Waals surface area contributed by atoms with Gasteiger partial charge in [-0.2, -0.15) is 0 Å². The Morgan fingerprint density at radius 1 is 1.56 bits per heavy atom. The number of aliphatic hydroxyl groups excluding tert-OH is 2. The van der Waals surface area contributed by atoms with Crippen LogP contribution in [0.1, 0.15) is 12.8 Å². The van der Waals surface area contributed by atoms with Crippen LogP contribution < -0.4 is 5.32 Å². The molecule has 3 heteroatoms. The molecule has 0 saturated carbocycles. The van der Waals surface area contributed by atoms with Crippen LogP contribution in [-0.2, 0) is 0 Å². The summed E-state index contributed by atoms with van der Waals surface area (Å²) in [5, 5.41) is 20.1. The first kappa shape index (κ1) is 8.88. The SMILES string of the molecule is CNCCC[C@@H](O)CO. The van der Waals surface area contributed by atoms with Crippen molar-refractivity contribution in [2.75, 3.05) is 20.2 Å². The van der Waals surface area contributed by atoms with Crippen molar-refractivity contribution in [2.24, 2.45) is 0 Å². The molecular formula is C6H15NO2. The predicted molar refractivity (Wildman–Crippen MR) is 36.3 cm³/mol. The third-order valence-electron chi connectivity index (χ3n) is 1.17. The lowest BCUT2D eigenvalue weighted by Gasteiger charge is -2.04. The Labute approximate surface area is 55.7 Å². The summed E-state index contributed by atoms with van der Waals surface area (Å²) in [5.74, 6) is 0. The van der Waals surface area contributed by atoms with E-state index in [0.717, 1.165) is 13.0 Å². The van der Waals surface area contributed by atoms with Gasteiger partial charge in [-0.05, 0) is 26.4 Å². The van der Waals surface area contributed by atoms with E-state index in [4.69, 9.17) is 10.2 Å². The lowest BCUT2D eigenvalue weighted by Crippen LogP contribution is -2.15. The van der Waals surface area contributed by atoms with E-state index >= 15 is 0 Å². The van der Waals surface area contributed by atoms with Crippen molar-refractivity contribution in [3.05, 3.63) is 0 Å². The average Bonchev–Trinajstić information content (AvgIpc) is 1.89. The van der Waals surface area contributed by atoms with E-state index in [1.54, 1.807) is 0 Å². The highest BCUT2D eigenvalue weighted by Crippen LogP contribution is 1.93. The van der Waals surface area contributed by atoms with Gasteiger partial charge in [-0.3, -0.25) is 0 Å². The zero-order valence-electron chi connectivity index (χ0n) is 5.80. The Kier molecular flexibility index (Phi) is 5.93. The molecule has 0 heterocycles. The number of aliphatic hydroxyl groups is 2. The van der Waals surface area contributed by atoms with Crippen LogP contribution in [0.5, 0.6) is 0 Å². The maximum absolute atomic E-state index is 8.81. The lowest BCUT2D eigenvalue weighted by atomic mass is 10.2. The summed E-state index contributed by atoms with van der Waals surface area (Å²) in [6.07, 6.45) is 1.06. The average molecular weight is 133 g/mol. The molecule has 3 nitrogen and oxygen atoms in total. The van der Waals surface area contributed by atoms with Crippen molar-refractivity contribution < 1.29 is 10.2 Å². The largest absolute Gasteiger partial charge is 0.394 e. The molecule has 3 N–H and O–H groups in total. The van der Waals surface area contributed by atoms with Crippen LogP contribution in [0.3, 0.4) is 0 Å². The van der Waals surface area contributed by atoms with Crippen LogP contribution in [-0.4, -0.2) is 36.5 Å². The summed E-state index contributed by atoms with van der Waals surface area (Å²) in [6, 6.07) is 0. The molecular weight excluding hydrogens is 118 g/mol. The number of rotatable bonds is 5. The molecule has 0 aromatic carbocycles. The van der Waals surface area contributed by atoms with Gasteiger partial charge in [0, 0.05) is 0 Å². The third kappa shape index (κ3) is 5.76. The van der Waals surface area contributed by atoms with Crippen LogP contribution in [0.15, 0.2) is 0 Å². The summed E-state index contributed by atoms with van der Waals surface area (Å²) in [5.41, 5.74) is 0. The summed E-state index contributed by atoms with van der Waals surface area (Å²) in [4.78, 5) is 0. The molecule has 0 unspecified atom stereocenters. The van der Waals surface area contributed by atoms with Crippen LogP contribution >= 0.6 is 0 Å². The first-order valence-electron chi connectivity index (χ1n) is 3.24. The van der Waals surface area contributed by atoms with E-state index in [0.29, 0.717) is 6.42 Å². The van der Waals surface area contributed by atoms with Crippen LogP contribution in [0, 0.1) is 0 Å². The molecule has 56 valence electrons. The Bertz CT molecular complexity index is 59.0. The van der Waals surface area contributed by atoms with E-state index in [2.05, 4.69) is 5.32 Å². The van der Waals surface area contributed by atoms with Gasteiger partial charge in [0.05, 0.1) is 12.7 Å². The quantitative estimate of drug-likeness (QED) is 0.436. The minimum Gasteiger partial charge on any atom is -0.394 e.